The Labute approximate surface area is 90.1 Å². The molecular weight excluding hydrogens is 194 g/mol. The monoisotopic (exact) mass is 209 g/mol. The number of carbonyl (C=O) groups is 1. The van der Waals surface area contributed by atoms with Gasteiger partial charge in [0.2, 0.25) is 0 Å². The van der Waals surface area contributed by atoms with Crippen molar-refractivity contribution in [1.29, 1.82) is 0 Å². The van der Waals surface area contributed by atoms with E-state index in [1.54, 1.807) is 0 Å². The normalized spacial score (nSPS) is 10.3. The number of benzene rings is 1. The van der Waals surface area contributed by atoms with Crippen LogP contribution in [0.3, 0.4) is 0 Å². The zero-order valence-corrected chi connectivity index (χ0v) is 9.34. The SMILES string of the molecule is CC(C)c1ccc(CNC(=O)S)cc1. The van der Waals surface area contributed by atoms with Gasteiger partial charge in [0.25, 0.3) is 5.24 Å². The smallest absolute Gasteiger partial charge is 0.276 e. The third kappa shape index (κ3) is 3.42. The molecule has 0 spiro atoms. The number of hydrogen-bond donors (Lipinski definition) is 2. The molecule has 3 heteroatoms. The zero-order chi connectivity index (χ0) is 10.6. The lowest BCUT2D eigenvalue weighted by Gasteiger charge is -2.06. The number of hydrogen-bond acceptors (Lipinski definition) is 1. The van der Waals surface area contributed by atoms with Crippen molar-refractivity contribution < 1.29 is 4.79 Å². The van der Waals surface area contributed by atoms with Gasteiger partial charge in [-0.15, -0.1) is 0 Å². The van der Waals surface area contributed by atoms with Crippen molar-refractivity contribution in [1.82, 2.24) is 5.32 Å². The van der Waals surface area contributed by atoms with Crippen LogP contribution >= 0.6 is 12.6 Å². The Bertz CT molecular complexity index is 306. The zero-order valence-electron chi connectivity index (χ0n) is 8.45. The first-order valence-electron chi connectivity index (χ1n) is 4.65. The number of carbonyl (C=O) groups excluding carboxylic acids is 1. The first-order valence-corrected chi connectivity index (χ1v) is 5.10. The molecule has 0 fully saturated rings. The first kappa shape index (κ1) is 11.1. The molecule has 1 aromatic rings. The lowest BCUT2D eigenvalue weighted by molar-refractivity contribution is 0.260. The third-order valence-corrected chi connectivity index (χ3v) is 2.25. The average Bonchev–Trinajstić information content (AvgIpc) is 2.15. The molecule has 0 radical (unpaired) electrons. The van der Waals surface area contributed by atoms with E-state index in [1.165, 1.54) is 5.56 Å². The van der Waals surface area contributed by atoms with Crippen LogP contribution in [0, 0.1) is 0 Å². The molecule has 0 aliphatic carbocycles. The van der Waals surface area contributed by atoms with E-state index < -0.39 is 0 Å². The molecule has 0 aromatic heterocycles. The van der Waals surface area contributed by atoms with Gasteiger partial charge in [0.05, 0.1) is 0 Å². The van der Waals surface area contributed by atoms with Crippen LogP contribution in [-0.2, 0) is 6.54 Å². The molecule has 1 rings (SSSR count). The van der Waals surface area contributed by atoms with Crippen molar-refractivity contribution in [2.45, 2.75) is 26.3 Å². The molecule has 0 saturated heterocycles. The Balaban J connectivity index is 2.59. The summed E-state index contributed by atoms with van der Waals surface area (Å²) in [6, 6.07) is 8.23. The molecule has 0 aliphatic rings. The van der Waals surface area contributed by atoms with Gasteiger partial charge in [-0.2, -0.15) is 0 Å². The Morgan fingerprint density at radius 1 is 1.36 bits per heavy atom. The van der Waals surface area contributed by atoms with Crippen molar-refractivity contribution in [3.8, 4) is 0 Å². The molecule has 0 unspecified atom stereocenters. The van der Waals surface area contributed by atoms with Gasteiger partial charge in [0.15, 0.2) is 0 Å². The molecule has 1 aromatic carbocycles. The highest BCUT2D eigenvalue weighted by Crippen LogP contribution is 2.14. The molecule has 0 heterocycles. The Morgan fingerprint density at radius 3 is 2.36 bits per heavy atom. The standard InChI is InChI=1S/C11H15NOS/c1-8(2)10-5-3-9(4-6-10)7-12-11(13)14/h3-6,8H,7H2,1-2H3,(H2,12,13,14). The molecule has 1 amide bonds. The van der Waals surface area contributed by atoms with Crippen LogP contribution in [0.25, 0.3) is 0 Å². The first-order chi connectivity index (χ1) is 6.59. The molecule has 0 saturated carbocycles. The molecule has 0 bridgehead atoms. The van der Waals surface area contributed by atoms with E-state index in [2.05, 4.69) is 43.9 Å². The van der Waals surface area contributed by atoms with Gasteiger partial charge >= 0.3 is 0 Å². The van der Waals surface area contributed by atoms with Crippen molar-refractivity contribution in [3.05, 3.63) is 35.4 Å². The van der Waals surface area contributed by atoms with Gasteiger partial charge in [-0.3, -0.25) is 4.79 Å². The number of thiol groups is 1. The summed E-state index contributed by atoms with van der Waals surface area (Å²) in [4.78, 5) is 10.5. The van der Waals surface area contributed by atoms with Gasteiger partial charge in [-0.25, -0.2) is 0 Å². The van der Waals surface area contributed by atoms with E-state index in [-0.39, 0.29) is 5.24 Å². The molecule has 76 valence electrons. The Morgan fingerprint density at radius 2 is 1.93 bits per heavy atom. The van der Waals surface area contributed by atoms with E-state index in [4.69, 9.17) is 0 Å². The maximum absolute atomic E-state index is 10.5. The molecule has 0 atom stereocenters. The topological polar surface area (TPSA) is 29.1 Å². The van der Waals surface area contributed by atoms with Gasteiger partial charge in [-0.05, 0) is 17.0 Å². The summed E-state index contributed by atoms with van der Waals surface area (Å²) in [5, 5.41) is 2.34. The highest BCUT2D eigenvalue weighted by atomic mass is 32.1. The average molecular weight is 209 g/mol. The summed E-state index contributed by atoms with van der Waals surface area (Å²) in [5.74, 6) is 0.545. The lowest BCUT2D eigenvalue weighted by atomic mass is 10.0. The van der Waals surface area contributed by atoms with Gasteiger partial charge < -0.3 is 5.32 Å². The van der Waals surface area contributed by atoms with Gasteiger partial charge in [0, 0.05) is 6.54 Å². The number of rotatable bonds is 3. The summed E-state index contributed by atoms with van der Waals surface area (Å²) in [6.07, 6.45) is 0. The molecule has 1 N–H and O–H groups in total. The van der Waals surface area contributed by atoms with E-state index >= 15 is 0 Å². The maximum Gasteiger partial charge on any atom is 0.276 e. The maximum atomic E-state index is 10.5. The number of amides is 1. The number of nitrogens with one attached hydrogen (secondary N) is 1. The van der Waals surface area contributed by atoms with Crippen LogP contribution in [0.5, 0.6) is 0 Å². The second-order valence-corrected chi connectivity index (χ2v) is 3.96. The molecule has 14 heavy (non-hydrogen) atoms. The quantitative estimate of drug-likeness (QED) is 0.736. The minimum absolute atomic E-state index is 0.294. The summed E-state index contributed by atoms with van der Waals surface area (Å²) in [5.41, 5.74) is 2.41. The fraction of sp³-hybridized carbons (Fsp3) is 0.364. The summed E-state index contributed by atoms with van der Waals surface area (Å²) >= 11 is 3.63. The predicted molar refractivity (Wildman–Crippen MR) is 61.8 cm³/mol. The molecular formula is C11H15NOS. The van der Waals surface area contributed by atoms with Crippen LogP contribution in [0.4, 0.5) is 4.79 Å². The molecule has 0 aliphatic heterocycles. The van der Waals surface area contributed by atoms with Crippen LogP contribution in [-0.4, -0.2) is 5.24 Å². The third-order valence-electron chi connectivity index (χ3n) is 2.09. The highest BCUT2D eigenvalue weighted by Gasteiger charge is 1.99. The van der Waals surface area contributed by atoms with E-state index in [1.807, 2.05) is 12.1 Å². The van der Waals surface area contributed by atoms with E-state index in [0.29, 0.717) is 12.5 Å². The Hall–Kier alpha value is -0.960. The minimum Gasteiger partial charge on any atom is -0.343 e. The van der Waals surface area contributed by atoms with E-state index in [0.717, 1.165) is 5.56 Å². The summed E-state index contributed by atoms with van der Waals surface area (Å²) < 4.78 is 0. The minimum atomic E-state index is -0.294. The second kappa shape index (κ2) is 5.05. The van der Waals surface area contributed by atoms with Crippen LogP contribution in [0.1, 0.15) is 30.9 Å². The van der Waals surface area contributed by atoms with Gasteiger partial charge in [-0.1, -0.05) is 50.7 Å². The van der Waals surface area contributed by atoms with Crippen LogP contribution in [0.2, 0.25) is 0 Å². The lowest BCUT2D eigenvalue weighted by Crippen LogP contribution is -2.15. The van der Waals surface area contributed by atoms with Gasteiger partial charge in [0.1, 0.15) is 0 Å². The Kier molecular flexibility index (Phi) is 4.01. The fourth-order valence-corrected chi connectivity index (χ4v) is 1.28. The largest absolute Gasteiger partial charge is 0.343 e. The highest BCUT2D eigenvalue weighted by molar-refractivity contribution is 7.96. The summed E-state index contributed by atoms with van der Waals surface area (Å²) in [6.45, 7) is 4.86. The van der Waals surface area contributed by atoms with Crippen molar-refractivity contribution in [2.24, 2.45) is 0 Å². The van der Waals surface area contributed by atoms with Crippen molar-refractivity contribution in [3.63, 3.8) is 0 Å². The fourth-order valence-electron chi connectivity index (χ4n) is 1.20. The second-order valence-electron chi connectivity index (χ2n) is 3.55. The van der Waals surface area contributed by atoms with Crippen molar-refractivity contribution >= 4 is 17.9 Å². The van der Waals surface area contributed by atoms with E-state index in [9.17, 15) is 4.79 Å². The van der Waals surface area contributed by atoms with Crippen LogP contribution < -0.4 is 5.32 Å². The summed E-state index contributed by atoms with van der Waals surface area (Å²) in [7, 11) is 0. The van der Waals surface area contributed by atoms with Crippen molar-refractivity contribution in [2.75, 3.05) is 0 Å². The predicted octanol–water partition coefficient (Wildman–Crippen LogP) is 2.95. The molecule has 2 nitrogen and oxygen atoms in total. The van der Waals surface area contributed by atoms with Crippen LogP contribution in [0.15, 0.2) is 24.3 Å².